The average molecular weight is 339 g/mol. The maximum atomic E-state index is 14.3. The van der Waals surface area contributed by atoms with Crippen molar-refractivity contribution in [1.29, 1.82) is 5.26 Å². The summed E-state index contributed by atoms with van der Waals surface area (Å²) in [4.78, 5) is 7.90. The molecule has 0 aliphatic carbocycles. The molecule has 0 unspecified atom stereocenters. The monoisotopic (exact) mass is 339 g/mol. The zero-order valence-corrected chi connectivity index (χ0v) is 13.0. The first-order valence-electron chi connectivity index (χ1n) is 7.66. The normalized spacial score (nSPS) is 11.4. The van der Waals surface area contributed by atoms with Gasteiger partial charge in [-0.15, -0.1) is 0 Å². The molecule has 0 saturated heterocycles. The van der Waals surface area contributed by atoms with E-state index in [0.717, 1.165) is 18.2 Å². The predicted octanol–water partition coefficient (Wildman–Crippen LogP) is 4.20. The Balaban J connectivity index is 2.09. The number of fused-ring (bicyclic) bond motifs is 1. The maximum absolute atomic E-state index is 14.3. The molecule has 0 saturated carbocycles. The van der Waals surface area contributed by atoms with Gasteiger partial charge in [-0.1, -0.05) is 0 Å². The number of nitrogens with one attached hydrogen (secondary N) is 1. The Labute approximate surface area is 143 Å². The molecule has 0 bridgehead atoms. The summed E-state index contributed by atoms with van der Waals surface area (Å²) in [5.74, 6) is -1.12. The van der Waals surface area contributed by atoms with Crippen LogP contribution in [0.2, 0.25) is 0 Å². The smallest absolute Gasteiger partial charge is 0.150 e. The van der Waals surface area contributed by atoms with Crippen LogP contribution in [-0.4, -0.2) is 17.1 Å². The van der Waals surface area contributed by atoms with Crippen LogP contribution in [0.15, 0.2) is 42.7 Å². The van der Waals surface area contributed by atoms with Gasteiger partial charge in [0.15, 0.2) is 0 Å². The standard InChI is InChI=1S/C18H12F2N4O/c1-25-12-4-5-16-13(9-12)18(23-10-22-16)24-17-14(19)7-11(3-2-6-21)8-15(17)20/h2-5,7-10H,1H3,(H,22,23,24)/i10D. The van der Waals surface area contributed by atoms with Gasteiger partial charge in [0.1, 0.15) is 36.6 Å². The summed E-state index contributed by atoms with van der Waals surface area (Å²) in [5, 5.41) is 11.6. The molecule has 3 aromatic rings. The number of benzene rings is 2. The Morgan fingerprint density at radius 3 is 2.68 bits per heavy atom. The first kappa shape index (κ1) is 15.0. The topological polar surface area (TPSA) is 70.8 Å². The minimum atomic E-state index is -0.858. The van der Waals surface area contributed by atoms with Gasteiger partial charge in [-0.25, -0.2) is 18.7 Å². The number of nitriles is 1. The third-order valence-corrected chi connectivity index (χ3v) is 3.45. The second kappa shape index (κ2) is 6.93. The Kier molecular flexibility index (Phi) is 4.16. The van der Waals surface area contributed by atoms with Crippen molar-refractivity contribution in [3.8, 4) is 11.8 Å². The van der Waals surface area contributed by atoms with Gasteiger partial charge < -0.3 is 10.1 Å². The quantitative estimate of drug-likeness (QED) is 0.722. The van der Waals surface area contributed by atoms with E-state index in [2.05, 4.69) is 15.3 Å². The minimum absolute atomic E-state index is 0.0806. The lowest BCUT2D eigenvalue weighted by atomic mass is 10.1. The van der Waals surface area contributed by atoms with E-state index in [-0.39, 0.29) is 17.7 Å². The number of ether oxygens (including phenoxy) is 1. The Morgan fingerprint density at radius 2 is 2.00 bits per heavy atom. The molecular weight excluding hydrogens is 326 g/mol. The number of nitrogens with zero attached hydrogens (tertiary/aromatic N) is 3. The van der Waals surface area contributed by atoms with Crippen LogP contribution in [0, 0.1) is 23.0 Å². The van der Waals surface area contributed by atoms with E-state index in [4.69, 9.17) is 11.4 Å². The van der Waals surface area contributed by atoms with Gasteiger partial charge in [0.25, 0.3) is 0 Å². The molecule has 1 N–H and O–H groups in total. The van der Waals surface area contributed by atoms with Gasteiger partial charge in [0, 0.05) is 11.5 Å². The van der Waals surface area contributed by atoms with Crippen LogP contribution >= 0.6 is 0 Å². The van der Waals surface area contributed by atoms with E-state index in [9.17, 15) is 8.78 Å². The van der Waals surface area contributed by atoms with Gasteiger partial charge in [-0.2, -0.15) is 5.26 Å². The highest BCUT2D eigenvalue weighted by Crippen LogP contribution is 2.29. The van der Waals surface area contributed by atoms with Gasteiger partial charge in [-0.3, -0.25) is 0 Å². The Hall–Kier alpha value is -3.53. The molecule has 7 heteroatoms. The molecule has 0 spiro atoms. The third kappa shape index (κ3) is 3.38. The molecule has 0 atom stereocenters. The number of halogens is 2. The van der Waals surface area contributed by atoms with Crippen LogP contribution in [0.3, 0.4) is 0 Å². The SMILES string of the molecule is [2H]c1nc(Nc2c(F)cc(C=CC#N)cc2F)c2cc(OC)ccc2n1. The first-order chi connectivity index (χ1) is 12.5. The van der Waals surface area contributed by atoms with Crippen LogP contribution in [0.4, 0.5) is 20.3 Å². The molecule has 1 heterocycles. The Bertz CT molecular complexity index is 1040. The average Bonchev–Trinajstić information content (AvgIpc) is 2.62. The van der Waals surface area contributed by atoms with E-state index >= 15 is 0 Å². The van der Waals surface area contributed by atoms with E-state index in [1.54, 1.807) is 24.3 Å². The van der Waals surface area contributed by atoms with Crippen LogP contribution in [0.25, 0.3) is 17.0 Å². The zero-order valence-electron chi connectivity index (χ0n) is 14.0. The van der Waals surface area contributed by atoms with Gasteiger partial charge in [-0.05, 0) is 42.0 Å². The molecule has 3 rings (SSSR count). The summed E-state index contributed by atoms with van der Waals surface area (Å²) in [5.41, 5.74) is 0.228. The third-order valence-electron chi connectivity index (χ3n) is 3.45. The molecule has 1 aromatic heterocycles. The fraction of sp³-hybridized carbons (Fsp3) is 0.0556. The van der Waals surface area contributed by atoms with E-state index in [0.29, 0.717) is 16.7 Å². The summed E-state index contributed by atoms with van der Waals surface area (Å²) in [6.45, 7) is 0. The number of anilines is 2. The van der Waals surface area contributed by atoms with E-state index in [1.807, 2.05) is 0 Å². The van der Waals surface area contributed by atoms with E-state index in [1.165, 1.54) is 13.2 Å². The first-order valence-corrected chi connectivity index (χ1v) is 7.16. The fourth-order valence-electron chi connectivity index (χ4n) is 2.27. The highest BCUT2D eigenvalue weighted by Gasteiger charge is 2.13. The van der Waals surface area contributed by atoms with Crippen molar-refractivity contribution in [3.05, 3.63) is 59.9 Å². The fourth-order valence-corrected chi connectivity index (χ4v) is 2.27. The van der Waals surface area contributed by atoms with Gasteiger partial charge in [0.2, 0.25) is 0 Å². The molecule has 5 nitrogen and oxygen atoms in total. The van der Waals surface area contributed by atoms with Crippen molar-refractivity contribution in [2.24, 2.45) is 0 Å². The van der Waals surface area contributed by atoms with Crippen molar-refractivity contribution in [1.82, 2.24) is 9.97 Å². The molecule has 0 aliphatic rings. The molecule has 0 aliphatic heterocycles. The molecule has 0 radical (unpaired) electrons. The molecule has 0 fully saturated rings. The molecule has 0 amide bonds. The van der Waals surface area contributed by atoms with Crippen LogP contribution in [-0.2, 0) is 0 Å². The van der Waals surface area contributed by atoms with Crippen molar-refractivity contribution in [2.75, 3.05) is 12.4 Å². The molecule has 25 heavy (non-hydrogen) atoms. The highest BCUT2D eigenvalue weighted by molar-refractivity contribution is 5.91. The van der Waals surface area contributed by atoms with Crippen molar-refractivity contribution in [2.45, 2.75) is 0 Å². The lowest BCUT2D eigenvalue weighted by molar-refractivity contribution is 0.415. The number of allylic oxidation sites excluding steroid dienone is 1. The summed E-state index contributed by atoms with van der Waals surface area (Å²) >= 11 is 0. The lowest BCUT2D eigenvalue weighted by Crippen LogP contribution is -2.01. The molecular formula is C18H12F2N4O. The second-order valence-corrected chi connectivity index (χ2v) is 5.00. The number of methoxy groups -OCH3 is 1. The van der Waals surface area contributed by atoms with Crippen LogP contribution in [0.5, 0.6) is 5.75 Å². The maximum Gasteiger partial charge on any atom is 0.150 e. The van der Waals surface area contributed by atoms with Crippen molar-refractivity contribution >= 4 is 28.5 Å². The largest absolute Gasteiger partial charge is 0.497 e. The molecule has 124 valence electrons. The number of hydrogen-bond donors (Lipinski definition) is 1. The predicted molar refractivity (Wildman–Crippen MR) is 90.4 cm³/mol. The Morgan fingerprint density at radius 1 is 1.24 bits per heavy atom. The van der Waals surface area contributed by atoms with Crippen molar-refractivity contribution < 1.29 is 14.9 Å². The summed E-state index contributed by atoms with van der Waals surface area (Å²) in [7, 11) is 1.49. The highest BCUT2D eigenvalue weighted by atomic mass is 19.1. The van der Waals surface area contributed by atoms with Crippen LogP contribution < -0.4 is 10.1 Å². The number of aromatic nitrogens is 2. The van der Waals surface area contributed by atoms with E-state index < -0.39 is 17.3 Å². The van der Waals surface area contributed by atoms with Gasteiger partial charge >= 0.3 is 0 Å². The summed E-state index contributed by atoms with van der Waals surface area (Å²) < 4.78 is 41.5. The summed E-state index contributed by atoms with van der Waals surface area (Å²) in [6.07, 6.45) is 2.13. The van der Waals surface area contributed by atoms with Crippen molar-refractivity contribution in [3.63, 3.8) is 0 Å². The summed E-state index contributed by atoms with van der Waals surface area (Å²) in [6, 6.07) is 8.83. The van der Waals surface area contributed by atoms with Crippen LogP contribution in [0.1, 0.15) is 6.93 Å². The molecule has 2 aromatic carbocycles. The minimum Gasteiger partial charge on any atom is -0.497 e. The zero-order chi connectivity index (χ0) is 18.7. The van der Waals surface area contributed by atoms with Gasteiger partial charge in [0.05, 0.1) is 18.7 Å². The lowest BCUT2D eigenvalue weighted by Gasteiger charge is -2.11. The number of rotatable bonds is 4. The second-order valence-electron chi connectivity index (χ2n) is 5.00. The number of hydrogen-bond acceptors (Lipinski definition) is 5.